The normalized spacial score (nSPS) is 10.6. The zero-order valence-corrected chi connectivity index (χ0v) is 15.7. The summed E-state index contributed by atoms with van der Waals surface area (Å²) < 4.78 is 32.2. The van der Waals surface area contributed by atoms with Gasteiger partial charge in [-0.15, -0.1) is 0 Å². The van der Waals surface area contributed by atoms with E-state index in [9.17, 15) is 28.3 Å². The second kappa shape index (κ2) is 9.13. The lowest BCUT2D eigenvalue weighted by atomic mass is 10.0. The lowest BCUT2D eigenvalue weighted by molar-refractivity contribution is 0.0683. The van der Waals surface area contributed by atoms with Crippen LogP contribution in [0.3, 0.4) is 0 Å². The first-order valence-electron chi connectivity index (χ1n) is 8.99. The molecule has 1 heterocycles. The highest BCUT2D eigenvalue weighted by molar-refractivity contribution is 5.97. The number of carboxylic acids is 1. The lowest BCUT2D eigenvalue weighted by Gasteiger charge is -2.10. The minimum absolute atomic E-state index is 0.0503. The number of nitrogens with one attached hydrogen (secondary N) is 1. The predicted molar refractivity (Wildman–Crippen MR) is 104 cm³/mol. The first kappa shape index (κ1) is 20.9. The molecule has 30 heavy (non-hydrogen) atoms. The first-order chi connectivity index (χ1) is 14.4. The van der Waals surface area contributed by atoms with Crippen LogP contribution in [0.2, 0.25) is 0 Å². The number of Topliss-reactive ketones (excluding diaryl/α,β-unsaturated/α-hetero) is 1. The Bertz CT molecular complexity index is 1140. The van der Waals surface area contributed by atoms with E-state index in [4.69, 9.17) is 4.74 Å². The van der Waals surface area contributed by atoms with E-state index in [0.717, 1.165) is 12.3 Å². The summed E-state index contributed by atoms with van der Waals surface area (Å²) in [5, 5.41) is 9.31. The highest BCUT2D eigenvalue weighted by Gasteiger charge is 2.22. The number of carbonyl (C=O) groups is 2. The maximum Gasteiger partial charge on any atom is 0.356 e. The number of carboxylic acid groups (broad SMARTS) is 1. The average Bonchev–Trinajstić information content (AvgIpc) is 2.72. The van der Waals surface area contributed by atoms with Gasteiger partial charge in [-0.25, -0.2) is 13.6 Å². The molecule has 0 spiro atoms. The number of aryl methyl sites for hydroxylation is 1. The fourth-order valence-corrected chi connectivity index (χ4v) is 2.85. The highest BCUT2D eigenvalue weighted by Crippen LogP contribution is 2.17. The molecule has 0 saturated carbocycles. The SMILES string of the molecule is O=C(O)c1[nH]cc(C(=O)CCc2ccc(F)cc2F)c(=O)c1OCc1ccccc1. The van der Waals surface area contributed by atoms with Crippen molar-refractivity contribution in [2.45, 2.75) is 19.4 Å². The minimum Gasteiger partial charge on any atom is -0.482 e. The van der Waals surface area contributed by atoms with Crippen LogP contribution in [0, 0.1) is 11.6 Å². The van der Waals surface area contributed by atoms with Crippen LogP contribution in [0.5, 0.6) is 5.75 Å². The second-order valence-electron chi connectivity index (χ2n) is 6.47. The molecule has 0 aliphatic heterocycles. The highest BCUT2D eigenvalue weighted by atomic mass is 19.1. The van der Waals surface area contributed by atoms with Gasteiger partial charge in [-0.2, -0.15) is 0 Å². The number of ether oxygens (including phenoxy) is 1. The molecule has 0 bridgehead atoms. The van der Waals surface area contributed by atoms with Gasteiger partial charge in [0.1, 0.15) is 18.2 Å². The Labute approximate surface area is 169 Å². The number of pyridine rings is 1. The summed E-state index contributed by atoms with van der Waals surface area (Å²) in [6.07, 6.45) is 0.728. The Morgan fingerprint density at radius 3 is 2.47 bits per heavy atom. The number of hydrogen-bond donors (Lipinski definition) is 2. The van der Waals surface area contributed by atoms with Crippen molar-refractivity contribution in [2.24, 2.45) is 0 Å². The summed E-state index contributed by atoms with van der Waals surface area (Å²) in [7, 11) is 0. The van der Waals surface area contributed by atoms with Crippen molar-refractivity contribution in [3.63, 3.8) is 0 Å². The zero-order valence-electron chi connectivity index (χ0n) is 15.7. The van der Waals surface area contributed by atoms with E-state index in [2.05, 4.69) is 4.98 Å². The molecule has 3 aromatic rings. The molecule has 3 rings (SSSR count). The Hall–Kier alpha value is -3.81. The smallest absolute Gasteiger partial charge is 0.356 e. The molecule has 0 fully saturated rings. The molecule has 0 aliphatic carbocycles. The number of aromatic amines is 1. The molecule has 0 atom stereocenters. The van der Waals surface area contributed by atoms with Crippen molar-refractivity contribution in [1.29, 1.82) is 0 Å². The Kier molecular flexibility index (Phi) is 6.36. The monoisotopic (exact) mass is 413 g/mol. The van der Waals surface area contributed by atoms with Gasteiger partial charge in [0.2, 0.25) is 5.43 Å². The molecule has 0 aliphatic rings. The van der Waals surface area contributed by atoms with Crippen molar-refractivity contribution in [1.82, 2.24) is 4.98 Å². The van der Waals surface area contributed by atoms with Gasteiger partial charge in [0.15, 0.2) is 17.2 Å². The molecule has 0 saturated heterocycles. The van der Waals surface area contributed by atoms with E-state index in [0.29, 0.717) is 11.6 Å². The summed E-state index contributed by atoms with van der Waals surface area (Å²) in [6.45, 7) is -0.0668. The zero-order chi connectivity index (χ0) is 21.7. The average molecular weight is 413 g/mol. The van der Waals surface area contributed by atoms with Crippen molar-refractivity contribution < 1.29 is 28.2 Å². The van der Waals surface area contributed by atoms with Gasteiger partial charge in [0, 0.05) is 18.7 Å². The summed E-state index contributed by atoms with van der Waals surface area (Å²) in [5.41, 5.74) is -0.810. The van der Waals surface area contributed by atoms with E-state index in [-0.39, 0.29) is 30.6 Å². The van der Waals surface area contributed by atoms with Gasteiger partial charge < -0.3 is 14.8 Å². The van der Waals surface area contributed by atoms with E-state index in [1.54, 1.807) is 30.3 Å². The number of carbonyl (C=O) groups excluding carboxylic acids is 1. The van der Waals surface area contributed by atoms with E-state index in [1.807, 2.05) is 0 Å². The summed E-state index contributed by atoms with van der Waals surface area (Å²) in [6, 6.07) is 11.8. The molecule has 154 valence electrons. The molecule has 0 radical (unpaired) electrons. The number of rotatable bonds is 8. The van der Waals surface area contributed by atoms with Crippen LogP contribution < -0.4 is 10.2 Å². The Balaban J connectivity index is 1.83. The van der Waals surface area contributed by atoms with Crippen molar-refractivity contribution in [3.05, 3.63) is 99.0 Å². The number of aromatic carboxylic acids is 1. The number of ketones is 1. The van der Waals surface area contributed by atoms with Gasteiger partial charge in [-0.1, -0.05) is 36.4 Å². The van der Waals surface area contributed by atoms with Crippen LogP contribution in [0.15, 0.2) is 59.5 Å². The van der Waals surface area contributed by atoms with E-state index >= 15 is 0 Å². The van der Waals surface area contributed by atoms with Crippen molar-refractivity contribution in [3.8, 4) is 5.75 Å². The van der Waals surface area contributed by atoms with Crippen LogP contribution in [-0.2, 0) is 13.0 Å². The van der Waals surface area contributed by atoms with Crippen LogP contribution in [0.4, 0.5) is 8.78 Å². The fourth-order valence-electron chi connectivity index (χ4n) is 2.85. The van der Waals surface area contributed by atoms with Crippen LogP contribution in [0.1, 0.15) is 38.4 Å². The van der Waals surface area contributed by atoms with E-state index < -0.39 is 40.3 Å². The standard InChI is InChI=1S/C22H17F2NO5/c23-15-8-6-14(17(24)10-15)7-9-18(26)16-11-25-19(22(28)29)21(20(16)27)30-12-13-4-2-1-3-5-13/h1-6,8,10-11H,7,9,12H2,(H,25,27)(H,28,29). The quantitative estimate of drug-likeness (QED) is 0.549. The summed E-state index contributed by atoms with van der Waals surface area (Å²) >= 11 is 0. The lowest BCUT2D eigenvalue weighted by Crippen LogP contribution is -2.22. The fraction of sp³-hybridized carbons (Fsp3) is 0.136. The van der Waals surface area contributed by atoms with Gasteiger partial charge in [0.05, 0.1) is 5.56 Å². The minimum atomic E-state index is -1.41. The third kappa shape index (κ3) is 4.78. The number of H-pyrrole nitrogens is 1. The Morgan fingerprint density at radius 2 is 1.80 bits per heavy atom. The summed E-state index contributed by atoms with van der Waals surface area (Å²) in [5.74, 6) is -4.04. The second-order valence-corrected chi connectivity index (χ2v) is 6.47. The third-order valence-corrected chi connectivity index (χ3v) is 4.42. The van der Waals surface area contributed by atoms with Gasteiger partial charge in [0.25, 0.3) is 0 Å². The number of hydrogen-bond acceptors (Lipinski definition) is 4. The maximum atomic E-state index is 13.7. The predicted octanol–water partition coefficient (Wildman–Crippen LogP) is 3.75. The van der Waals surface area contributed by atoms with Crippen LogP contribution >= 0.6 is 0 Å². The number of halogens is 2. The number of aromatic nitrogens is 1. The molecule has 6 nitrogen and oxygen atoms in total. The van der Waals surface area contributed by atoms with Gasteiger partial charge in [-0.05, 0) is 23.6 Å². The molecular weight excluding hydrogens is 396 g/mol. The maximum absolute atomic E-state index is 13.7. The van der Waals surface area contributed by atoms with E-state index in [1.165, 1.54) is 6.07 Å². The van der Waals surface area contributed by atoms with Gasteiger partial charge in [-0.3, -0.25) is 9.59 Å². The van der Waals surface area contributed by atoms with Crippen LogP contribution in [-0.4, -0.2) is 21.8 Å². The number of benzene rings is 2. The van der Waals surface area contributed by atoms with Crippen molar-refractivity contribution in [2.75, 3.05) is 0 Å². The molecule has 2 aromatic carbocycles. The largest absolute Gasteiger partial charge is 0.482 e. The molecule has 1 aromatic heterocycles. The first-order valence-corrected chi connectivity index (χ1v) is 8.99. The van der Waals surface area contributed by atoms with Gasteiger partial charge >= 0.3 is 5.97 Å². The third-order valence-electron chi connectivity index (χ3n) is 4.42. The molecule has 2 N–H and O–H groups in total. The topological polar surface area (TPSA) is 96.5 Å². The Morgan fingerprint density at radius 1 is 1.07 bits per heavy atom. The molecule has 0 amide bonds. The van der Waals surface area contributed by atoms with Crippen LogP contribution in [0.25, 0.3) is 0 Å². The molecule has 8 heteroatoms. The van der Waals surface area contributed by atoms with Crippen molar-refractivity contribution >= 4 is 11.8 Å². The summed E-state index contributed by atoms with van der Waals surface area (Å²) in [4.78, 5) is 39.1. The molecular formula is C22H17F2NO5. The molecule has 0 unspecified atom stereocenters.